The Bertz CT molecular complexity index is 526. The number of nitrogens with zero attached hydrogens (tertiary/aromatic N) is 1. The fourth-order valence-electron chi connectivity index (χ4n) is 1.43. The van der Waals surface area contributed by atoms with E-state index in [0.717, 1.165) is 0 Å². The summed E-state index contributed by atoms with van der Waals surface area (Å²) in [5, 5.41) is 0. The molecule has 2 rings (SSSR count). The molecule has 0 N–H and O–H groups in total. The molecule has 17 heavy (non-hydrogen) atoms. The van der Waals surface area contributed by atoms with Gasteiger partial charge in [-0.1, -0.05) is 0 Å². The van der Waals surface area contributed by atoms with Gasteiger partial charge in [-0.15, -0.1) is 0 Å². The molecule has 1 aliphatic heterocycles. The first-order chi connectivity index (χ1) is 8.57. The van der Waals surface area contributed by atoms with Gasteiger partial charge in [0.1, 0.15) is 0 Å². The molecule has 0 unspecified atom stereocenters. The molecule has 0 aromatic carbocycles. The number of rotatable bonds is 1. The van der Waals surface area contributed by atoms with Gasteiger partial charge in [-0.2, -0.15) is 4.39 Å². The average Bonchev–Trinajstić information content (AvgIpc) is 2.44. The standard InChI is InChI=1S/C11H14BBrFNO2/c1-10(2)11(3,4)17-12(16-10)7-5-8(13)9(14)15-6-7/h5-6H,1-4H3/i5D,6D. The Morgan fingerprint density at radius 2 is 1.88 bits per heavy atom. The smallest absolute Gasteiger partial charge is 0.399 e. The monoisotopic (exact) mass is 303 g/mol. The first-order valence-electron chi connectivity index (χ1n) is 6.24. The molecule has 92 valence electrons. The van der Waals surface area contributed by atoms with Crippen LogP contribution in [0.3, 0.4) is 0 Å². The van der Waals surface area contributed by atoms with Crippen LogP contribution in [0.4, 0.5) is 4.39 Å². The summed E-state index contributed by atoms with van der Waals surface area (Å²) in [6.45, 7) is 7.47. The number of hydrogen-bond acceptors (Lipinski definition) is 3. The molecular formula is C11H14BBrFNO2. The van der Waals surface area contributed by atoms with E-state index in [9.17, 15) is 4.39 Å². The Morgan fingerprint density at radius 1 is 1.35 bits per heavy atom. The molecule has 0 amide bonds. The summed E-state index contributed by atoms with van der Waals surface area (Å²) >= 11 is 2.95. The van der Waals surface area contributed by atoms with E-state index >= 15 is 0 Å². The molecule has 1 fully saturated rings. The molecule has 0 spiro atoms. The molecule has 0 radical (unpaired) electrons. The van der Waals surface area contributed by atoms with Crippen LogP contribution in [0.25, 0.3) is 0 Å². The van der Waals surface area contributed by atoms with Crippen LogP contribution in [0.1, 0.15) is 30.4 Å². The lowest BCUT2D eigenvalue weighted by atomic mass is 9.80. The van der Waals surface area contributed by atoms with Gasteiger partial charge in [0.15, 0.2) is 0 Å². The van der Waals surface area contributed by atoms with Gasteiger partial charge in [0, 0.05) is 11.6 Å². The van der Waals surface area contributed by atoms with Gasteiger partial charge in [0.05, 0.1) is 18.4 Å². The van der Waals surface area contributed by atoms with Crippen LogP contribution < -0.4 is 5.46 Å². The van der Waals surface area contributed by atoms with E-state index in [-0.39, 0.29) is 22.2 Å². The highest BCUT2D eigenvalue weighted by molar-refractivity contribution is 9.10. The third-order valence-electron chi connectivity index (χ3n) is 3.19. The molecule has 0 saturated carbocycles. The van der Waals surface area contributed by atoms with Gasteiger partial charge in [0.2, 0.25) is 5.95 Å². The minimum absolute atomic E-state index is 0.0896. The van der Waals surface area contributed by atoms with Crippen molar-refractivity contribution in [2.75, 3.05) is 0 Å². The summed E-state index contributed by atoms with van der Waals surface area (Å²) in [5.74, 6) is -0.879. The fourth-order valence-corrected chi connectivity index (χ4v) is 1.73. The van der Waals surface area contributed by atoms with E-state index < -0.39 is 24.3 Å². The Labute approximate surface area is 112 Å². The van der Waals surface area contributed by atoms with Crippen LogP contribution in [-0.4, -0.2) is 23.3 Å². The summed E-state index contributed by atoms with van der Waals surface area (Å²) in [7, 11) is -0.894. The highest BCUT2D eigenvalue weighted by Crippen LogP contribution is 2.36. The zero-order valence-corrected chi connectivity index (χ0v) is 11.7. The number of aromatic nitrogens is 1. The van der Waals surface area contributed by atoms with E-state index in [4.69, 9.17) is 12.1 Å². The Balaban J connectivity index is 2.49. The third kappa shape index (κ3) is 2.26. The van der Waals surface area contributed by atoms with Crippen molar-refractivity contribution in [1.29, 1.82) is 0 Å². The van der Waals surface area contributed by atoms with Gasteiger partial charge in [-0.3, -0.25) is 0 Å². The Hall–Kier alpha value is -0.455. The molecule has 1 aromatic rings. The first kappa shape index (κ1) is 10.5. The van der Waals surface area contributed by atoms with Crippen LogP contribution in [-0.2, 0) is 9.31 Å². The first-order valence-corrected chi connectivity index (χ1v) is 6.04. The van der Waals surface area contributed by atoms with Crippen molar-refractivity contribution in [3.8, 4) is 0 Å². The van der Waals surface area contributed by atoms with Crippen molar-refractivity contribution in [2.45, 2.75) is 38.9 Å². The van der Waals surface area contributed by atoms with Crippen LogP contribution in [0.15, 0.2) is 16.7 Å². The van der Waals surface area contributed by atoms with Crippen LogP contribution in [0, 0.1) is 5.95 Å². The van der Waals surface area contributed by atoms with Gasteiger partial charge in [-0.25, -0.2) is 4.98 Å². The zero-order chi connectivity index (χ0) is 14.6. The van der Waals surface area contributed by atoms with Gasteiger partial charge in [-0.05, 0) is 49.7 Å². The van der Waals surface area contributed by atoms with Gasteiger partial charge in [0.25, 0.3) is 0 Å². The summed E-state index contributed by atoms with van der Waals surface area (Å²) in [5.41, 5.74) is -1.04. The summed E-state index contributed by atoms with van der Waals surface area (Å²) in [6.07, 6.45) is -0.343. The maximum absolute atomic E-state index is 13.3. The number of pyridine rings is 1. The highest BCUT2D eigenvalue weighted by atomic mass is 79.9. The maximum Gasteiger partial charge on any atom is 0.496 e. The zero-order valence-electron chi connectivity index (χ0n) is 12.1. The van der Waals surface area contributed by atoms with E-state index in [1.807, 2.05) is 27.7 Å². The second-order valence-corrected chi connectivity index (χ2v) is 5.75. The molecule has 1 aromatic heterocycles. The maximum atomic E-state index is 13.3. The van der Waals surface area contributed by atoms with Crippen LogP contribution in [0.5, 0.6) is 0 Å². The quantitative estimate of drug-likeness (QED) is 0.589. The molecule has 0 atom stereocenters. The van der Waals surface area contributed by atoms with Crippen molar-refractivity contribution in [3.63, 3.8) is 0 Å². The van der Waals surface area contributed by atoms with Crippen LogP contribution in [0.2, 0.25) is 0 Å². The molecule has 3 nitrogen and oxygen atoms in total. The van der Waals surface area contributed by atoms with E-state index in [1.165, 1.54) is 0 Å². The number of hydrogen-bond donors (Lipinski definition) is 0. The molecule has 0 bridgehead atoms. The molecule has 1 aliphatic rings. The van der Waals surface area contributed by atoms with Gasteiger partial charge < -0.3 is 9.31 Å². The molecule has 6 heteroatoms. The summed E-state index contributed by atoms with van der Waals surface area (Å²) in [6, 6.07) is -0.170. The Kier molecular flexibility index (Phi) is 2.48. The lowest BCUT2D eigenvalue weighted by Crippen LogP contribution is -2.41. The second-order valence-electron chi connectivity index (χ2n) is 4.96. The summed E-state index contributed by atoms with van der Waals surface area (Å²) < 4.78 is 40.4. The van der Waals surface area contributed by atoms with Crippen molar-refractivity contribution < 1.29 is 16.4 Å². The normalized spacial score (nSPS) is 23.5. The van der Waals surface area contributed by atoms with Gasteiger partial charge >= 0.3 is 7.12 Å². The highest BCUT2D eigenvalue weighted by Gasteiger charge is 2.51. The number of halogens is 2. The minimum atomic E-state index is -0.894. The summed E-state index contributed by atoms with van der Waals surface area (Å²) in [4.78, 5) is 3.45. The minimum Gasteiger partial charge on any atom is -0.399 e. The van der Waals surface area contributed by atoms with E-state index in [2.05, 4.69) is 20.9 Å². The van der Waals surface area contributed by atoms with E-state index in [1.54, 1.807) is 0 Å². The van der Waals surface area contributed by atoms with E-state index in [0.29, 0.717) is 0 Å². The topological polar surface area (TPSA) is 31.4 Å². The molecule has 0 aliphatic carbocycles. The fraction of sp³-hybridized carbons (Fsp3) is 0.545. The molecule has 2 heterocycles. The van der Waals surface area contributed by atoms with Crippen molar-refractivity contribution in [2.24, 2.45) is 0 Å². The van der Waals surface area contributed by atoms with Crippen LogP contribution >= 0.6 is 15.9 Å². The van der Waals surface area contributed by atoms with Crippen molar-refractivity contribution in [1.82, 2.24) is 4.98 Å². The predicted octanol–water partition coefficient (Wildman–Crippen LogP) is 2.28. The van der Waals surface area contributed by atoms with Crippen molar-refractivity contribution >= 4 is 28.5 Å². The predicted molar refractivity (Wildman–Crippen MR) is 67.6 cm³/mol. The third-order valence-corrected chi connectivity index (χ3v) is 3.71. The molecular weight excluding hydrogens is 288 g/mol. The second kappa shape index (κ2) is 4.04. The van der Waals surface area contributed by atoms with Crippen molar-refractivity contribution in [3.05, 3.63) is 22.6 Å². The average molecular weight is 304 g/mol. The lowest BCUT2D eigenvalue weighted by Gasteiger charge is -2.32. The SMILES string of the molecule is [2H]c1nc(F)c(Br)c([2H])c1B1OC(C)(C)C(C)(C)O1. The molecule has 1 saturated heterocycles. The largest absolute Gasteiger partial charge is 0.496 e. The Morgan fingerprint density at radius 3 is 2.41 bits per heavy atom. The lowest BCUT2D eigenvalue weighted by molar-refractivity contribution is 0.00578.